The summed E-state index contributed by atoms with van der Waals surface area (Å²) < 4.78 is 0. The normalized spacial score (nSPS) is 15.2. The molecule has 3 heteroatoms. The maximum Gasteiger partial charge on any atom is 0.225 e. The molecule has 1 saturated heterocycles. The summed E-state index contributed by atoms with van der Waals surface area (Å²) in [5.41, 5.74) is 4.49. The van der Waals surface area contributed by atoms with E-state index in [1.165, 1.54) is 31.5 Å². The number of benzene rings is 3. The Balaban J connectivity index is 1.38. The maximum absolute atomic E-state index is 12.9. The Morgan fingerprint density at radius 1 is 0.871 bits per heavy atom. The smallest absolute Gasteiger partial charge is 0.225 e. The molecule has 1 heterocycles. The molecular weight excluding hydrogens is 380 g/mol. The number of amides is 1. The Kier molecular flexibility index (Phi) is 7.16. The number of hydrogen-bond donors (Lipinski definition) is 1. The van der Waals surface area contributed by atoms with Crippen LogP contribution in [0.5, 0.6) is 0 Å². The summed E-state index contributed by atoms with van der Waals surface area (Å²) in [5.74, 6) is 0.933. The van der Waals surface area contributed by atoms with Crippen LogP contribution in [0.4, 0.5) is 5.69 Å². The number of nitrogens with zero attached hydrogens (tertiary/aromatic N) is 1. The number of piperidine rings is 1. The van der Waals surface area contributed by atoms with Gasteiger partial charge in [0.1, 0.15) is 0 Å². The van der Waals surface area contributed by atoms with Gasteiger partial charge in [0, 0.05) is 24.6 Å². The molecule has 3 nitrogen and oxygen atoms in total. The molecule has 0 aliphatic carbocycles. The first kappa shape index (κ1) is 21.3. The second-order valence-electron chi connectivity index (χ2n) is 8.78. The Bertz CT molecular complexity index is 906. The monoisotopic (exact) mass is 412 g/mol. The van der Waals surface area contributed by atoms with Crippen LogP contribution in [0.3, 0.4) is 0 Å². The summed E-state index contributed by atoms with van der Waals surface area (Å²) in [5, 5.41) is 3.10. The van der Waals surface area contributed by atoms with E-state index >= 15 is 0 Å². The number of likely N-dealkylation sites (tertiary alicyclic amines) is 1. The molecule has 1 aliphatic heterocycles. The average molecular weight is 413 g/mol. The lowest BCUT2D eigenvalue weighted by molar-refractivity contribution is -0.116. The highest BCUT2D eigenvalue weighted by Crippen LogP contribution is 2.28. The van der Waals surface area contributed by atoms with Gasteiger partial charge in [-0.2, -0.15) is 0 Å². The third-order valence-electron chi connectivity index (χ3n) is 6.31. The molecule has 0 saturated carbocycles. The molecular formula is C28H32N2O. The molecule has 31 heavy (non-hydrogen) atoms. The van der Waals surface area contributed by atoms with Gasteiger partial charge in [-0.3, -0.25) is 9.69 Å². The van der Waals surface area contributed by atoms with Crippen molar-refractivity contribution in [3.05, 3.63) is 102 Å². The molecule has 1 N–H and O–H groups in total. The lowest BCUT2D eigenvalue weighted by Gasteiger charge is -2.30. The highest BCUT2D eigenvalue weighted by molar-refractivity contribution is 5.91. The van der Waals surface area contributed by atoms with Crippen molar-refractivity contribution < 1.29 is 4.79 Å². The minimum absolute atomic E-state index is 0.0375. The van der Waals surface area contributed by atoms with E-state index in [-0.39, 0.29) is 11.8 Å². The molecule has 3 aromatic carbocycles. The molecule has 1 fully saturated rings. The zero-order chi connectivity index (χ0) is 21.5. The lowest BCUT2D eigenvalue weighted by atomic mass is 9.88. The Morgan fingerprint density at radius 2 is 1.42 bits per heavy atom. The summed E-state index contributed by atoms with van der Waals surface area (Å²) in [6.07, 6.45) is 3.00. The fourth-order valence-electron chi connectivity index (χ4n) is 4.37. The van der Waals surface area contributed by atoms with Crippen molar-refractivity contribution >= 4 is 11.6 Å². The van der Waals surface area contributed by atoms with E-state index in [0.717, 1.165) is 29.3 Å². The van der Waals surface area contributed by atoms with Crippen LogP contribution < -0.4 is 5.32 Å². The van der Waals surface area contributed by atoms with Crippen LogP contribution in [0.25, 0.3) is 0 Å². The van der Waals surface area contributed by atoms with Crippen LogP contribution in [-0.2, 0) is 11.3 Å². The first-order valence-corrected chi connectivity index (χ1v) is 11.4. The van der Waals surface area contributed by atoms with E-state index in [1.54, 1.807) is 0 Å². The molecule has 1 amide bonds. The molecule has 0 unspecified atom stereocenters. The molecule has 0 atom stereocenters. The lowest BCUT2D eigenvalue weighted by Crippen LogP contribution is -2.32. The van der Waals surface area contributed by atoms with Crippen LogP contribution in [0.15, 0.2) is 84.9 Å². The zero-order valence-corrected chi connectivity index (χ0v) is 18.3. The van der Waals surface area contributed by atoms with Crippen LogP contribution >= 0.6 is 0 Å². The van der Waals surface area contributed by atoms with Crippen LogP contribution in [0.1, 0.15) is 48.8 Å². The highest BCUT2D eigenvalue weighted by Gasteiger charge is 2.18. The summed E-state index contributed by atoms with van der Waals surface area (Å²) >= 11 is 0. The number of nitrogens with one attached hydrogen (secondary N) is 1. The molecule has 0 bridgehead atoms. The summed E-state index contributed by atoms with van der Waals surface area (Å²) in [4.78, 5) is 15.4. The average Bonchev–Trinajstić information content (AvgIpc) is 2.81. The van der Waals surface area contributed by atoms with Crippen molar-refractivity contribution in [3.8, 4) is 0 Å². The summed E-state index contributed by atoms with van der Waals surface area (Å²) in [6.45, 7) is 5.69. The van der Waals surface area contributed by atoms with Gasteiger partial charge in [0.05, 0.1) is 0 Å². The topological polar surface area (TPSA) is 32.3 Å². The van der Waals surface area contributed by atoms with E-state index < -0.39 is 0 Å². The molecule has 4 rings (SSSR count). The number of hydrogen-bond acceptors (Lipinski definition) is 2. The van der Waals surface area contributed by atoms with E-state index in [2.05, 4.69) is 53.5 Å². The summed E-state index contributed by atoms with van der Waals surface area (Å²) in [6, 6.07) is 28.9. The van der Waals surface area contributed by atoms with E-state index in [1.807, 2.05) is 48.5 Å². The van der Waals surface area contributed by atoms with Gasteiger partial charge in [-0.1, -0.05) is 79.7 Å². The van der Waals surface area contributed by atoms with E-state index in [0.29, 0.717) is 6.42 Å². The molecule has 0 radical (unpaired) electrons. The predicted octanol–water partition coefficient (Wildman–Crippen LogP) is 6.08. The number of anilines is 1. The van der Waals surface area contributed by atoms with Crippen molar-refractivity contribution in [2.45, 2.75) is 38.6 Å². The van der Waals surface area contributed by atoms with Crippen molar-refractivity contribution in [2.75, 3.05) is 18.4 Å². The standard InChI is InChI=1S/C28H32N2O/c1-22-16-18-30(19-17-22)21-23-12-14-26(15-13-23)29-28(31)20-27(24-8-4-2-5-9-24)25-10-6-3-7-11-25/h2-15,22,27H,16-21H2,1H3,(H,29,31). The van der Waals surface area contributed by atoms with Gasteiger partial charge in [0.15, 0.2) is 0 Å². The Labute approximate surface area is 186 Å². The largest absolute Gasteiger partial charge is 0.326 e. The van der Waals surface area contributed by atoms with Crippen LogP contribution in [0.2, 0.25) is 0 Å². The van der Waals surface area contributed by atoms with Gasteiger partial charge in [-0.15, -0.1) is 0 Å². The van der Waals surface area contributed by atoms with Crippen LogP contribution in [-0.4, -0.2) is 23.9 Å². The third-order valence-corrected chi connectivity index (χ3v) is 6.31. The second kappa shape index (κ2) is 10.4. The van der Waals surface area contributed by atoms with E-state index in [9.17, 15) is 4.79 Å². The van der Waals surface area contributed by atoms with Crippen LogP contribution in [0, 0.1) is 5.92 Å². The van der Waals surface area contributed by atoms with Gasteiger partial charge in [0.25, 0.3) is 0 Å². The van der Waals surface area contributed by atoms with Crippen molar-refractivity contribution in [3.63, 3.8) is 0 Å². The Hall–Kier alpha value is -2.91. The van der Waals surface area contributed by atoms with Crippen molar-refractivity contribution in [1.29, 1.82) is 0 Å². The predicted molar refractivity (Wildman–Crippen MR) is 128 cm³/mol. The van der Waals surface area contributed by atoms with Crippen molar-refractivity contribution in [2.24, 2.45) is 5.92 Å². The molecule has 3 aromatic rings. The SMILES string of the molecule is CC1CCN(Cc2ccc(NC(=O)CC(c3ccccc3)c3ccccc3)cc2)CC1. The first-order chi connectivity index (χ1) is 15.2. The molecule has 1 aliphatic rings. The third kappa shape index (κ3) is 6.05. The second-order valence-corrected chi connectivity index (χ2v) is 8.78. The number of carbonyl (C=O) groups is 1. The fraction of sp³-hybridized carbons (Fsp3) is 0.321. The molecule has 160 valence electrons. The molecule has 0 spiro atoms. The number of rotatable bonds is 7. The van der Waals surface area contributed by atoms with Gasteiger partial charge >= 0.3 is 0 Å². The quantitative estimate of drug-likeness (QED) is 0.510. The van der Waals surface area contributed by atoms with E-state index in [4.69, 9.17) is 0 Å². The highest BCUT2D eigenvalue weighted by atomic mass is 16.1. The van der Waals surface area contributed by atoms with Gasteiger partial charge < -0.3 is 5.32 Å². The fourth-order valence-corrected chi connectivity index (χ4v) is 4.37. The summed E-state index contributed by atoms with van der Waals surface area (Å²) in [7, 11) is 0. The number of carbonyl (C=O) groups excluding carboxylic acids is 1. The van der Waals surface area contributed by atoms with Gasteiger partial charge in [-0.25, -0.2) is 0 Å². The minimum Gasteiger partial charge on any atom is -0.326 e. The minimum atomic E-state index is 0.0375. The Morgan fingerprint density at radius 3 is 1.97 bits per heavy atom. The zero-order valence-electron chi connectivity index (χ0n) is 18.3. The maximum atomic E-state index is 12.9. The van der Waals surface area contributed by atoms with Gasteiger partial charge in [-0.05, 0) is 60.7 Å². The van der Waals surface area contributed by atoms with Crippen molar-refractivity contribution in [1.82, 2.24) is 4.90 Å². The van der Waals surface area contributed by atoms with Gasteiger partial charge in [0.2, 0.25) is 5.91 Å². The molecule has 0 aromatic heterocycles. The first-order valence-electron chi connectivity index (χ1n) is 11.4.